The standard InChI is InChI=1S/C13H15N3S2/c1-16(9-6-4-3-5-7-9)10-8-11(12(14)15)18-13(10)17-2/h3-8H,1-2H3,(H3,14,15). The van der Waals surface area contributed by atoms with Gasteiger partial charge in [-0.05, 0) is 24.5 Å². The summed E-state index contributed by atoms with van der Waals surface area (Å²) < 4.78 is 1.17. The quantitative estimate of drug-likeness (QED) is 0.511. The predicted molar refractivity (Wildman–Crippen MR) is 81.6 cm³/mol. The van der Waals surface area contributed by atoms with Gasteiger partial charge < -0.3 is 10.6 Å². The molecule has 18 heavy (non-hydrogen) atoms. The Labute approximate surface area is 115 Å². The smallest absolute Gasteiger partial charge is 0.133 e. The predicted octanol–water partition coefficient (Wildman–Crippen LogP) is 3.52. The Morgan fingerprint density at radius 3 is 2.56 bits per heavy atom. The topological polar surface area (TPSA) is 53.1 Å². The summed E-state index contributed by atoms with van der Waals surface area (Å²) in [5.74, 6) is 0.128. The molecule has 0 unspecified atom stereocenters. The van der Waals surface area contributed by atoms with Crippen LogP contribution in [0.4, 0.5) is 11.4 Å². The molecular weight excluding hydrogens is 262 g/mol. The fourth-order valence-electron chi connectivity index (χ4n) is 1.67. The van der Waals surface area contributed by atoms with Gasteiger partial charge in [-0.1, -0.05) is 18.2 Å². The van der Waals surface area contributed by atoms with E-state index in [4.69, 9.17) is 11.1 Å². The number of hydrogen-bond donors (Lipinski definition) is 2. The molecule has 0 aliphatic rings. The number of nitrogen functional groups attached to an aromatic ring is 1. The first-order valence-electron chi connectivity index (χ1n) is 5.44. The highest BCUT2D eigenvalue weighted by molar-refractivity contribution is 8.00. The number of anilines is 2. The van der Waals surface area contributed by atoms with Gasteiger partial charge in [0.2, 0.25) is 0 Å². The van der Waals surface area contributed by atoms with Crippen molar-refractivity contribution in [1.29, 1.82) is 5.41 Å². The second-order valence-electron chi connectivity index (χ2n) is 3.80. The van der Waals surface area contributed by atoms with Gasteiger partial charge in [-0.3, -0.25) is 5.41 Å². The molecule has 0 fully saturated rings. The summed E-state index contributed by atoms with van der Waals surface area (Å²) in [7, 11) is 2.03. The van der Waals surface area contributed by atoms with Gasteiger partial charge in [0.05, 0.1) is 14.8 Å². The molecule has 3 nitrogen and oxygen atoms in total. The zero-order valence-corrected chi connectivity index (χ0v) is 11.9. The van der Waals surface area contributed by atoms with E-state index in [0.29, 0.717) is 0 Å². The molecule has 0 saturated heterocycles. The molecule has 3 N–H and O–H groups in total. The molecular formula is C13H15N3S2. The summed E-state index contributed by atoms with van der Waals surface area (Å²) in [5, 5.41) is 7.53. The summed E-state index contributed by atoms with van der Waals surface area (Å²) in [5.41, 5.74) is 7.78. The van der Waals surface area contributed by atoms with Crippen LogP contribution in [0.2, 0.25) is 0 Å². The van der Waals surface area contributed by atoms with Gasteiger partial charge in [0.15, 0.2) is 0 Å². The molecule has 1 heterocycles. The second-order valence-corrected chi connectivity index (χ2v) is 5.92. The van der Waals surface area contributed by atoms with Crippen molar-refractivity contribution in [1.82, 2.24) is 0 Å². The average Bonchev–Trinajstić information content (AvgIpc) is 2.83. The third kappa shape index (κ3) is 2.52. The molecule has 0 aliphatic carbocycles. The van der Waals surface area contributed by atoms with Gasteiger partial charge in [-0.15, -0.1) is 23.1 Å². The second kappa shape index (κ2) is 5.46. The maximum Gasteiger partial charge on any atom is 0.133 e. The Bertz CT molecular complexity index is 549. The zero-order valence-electron chi connectivity index (χ0n) is 10.3. The molecule has 0 atom stereocenters. The molecule has 2 rings (SSSR count). The Morgan fingerprint density at radius 2 is 2.00 bits per heavy atom. The number of nitrogens with two attached hydrogens (primary N) is 1. The lowest BCUT2D eigenvalue weighted by molar-refractivity contribution is 1.19. The molecule has 0 spiro atoms. The molecule has 0 radical (unpaired) electrons. The van der Waals surface area contributed by atoms with E-state index in [0.717, 1.165) is 16.3 Å². The third-order valence-electron chi connectivity index (χ3n) is 2.64. The van der Waals surface area contributed by atoms with Gasteiger partial charge in [0.25, 0.3) is 0 Å². The Hall–Kier alpha value is -1.46. The molecule has 2 aromatic rings. The number of thiophene rings is 1. The fourth-order valence-corrected chi connectivity index (χ4v) is 3.46. The van der Waals surface area contributed by atoms with Crippen molar-refractivity contribution < 1.29 is 0 Å². The van der Waals surface area contributed by atoms with Crippen LogP contribution < -0.4 is 10.6 Å². The molecule has 0 aliphatic heterocycles. The van der Waals surface area contributed by atoms with Crippen LogP contribution >= 0.6 is 23.1 Å². The van der Waals surface area contributed by atoms with Gasteiger partial charge >= 0.3 is 0 Å². The minimum absolute atomic E-state index is 0.128. The molecule has 0 saturated carbocycles. The van der Waals surface area contributed by atoms with Crippen molar-refractivity contribution >= 4 is 40.3 Å². The van der Waals surface area contributed by atoms with Crippen LogP contribution in [0.1, 0.15) is 4.88 Å². The van der Waals surface area contributed by atoms with Crippen molar-refractivity contribution in [3.63, 3.8) is 0 Å². The SMILES string of the molecule is CSc1sc(C(=N)N)cc1N(C)c1ccccc1. The van der Waals surface area contributed by atoms with Crippen molar-refractivity contribution in [2.45, 2.75) is 4.21 Å². The van der Waals surface area contributed by atoms with Crippen LogP contribution in [-0.2, 0) is 0 Å². The molecule has 0 amide bonds. The van der Waals surface area contributed by atoms with Crippen LogP contribution in [0.5, 0.6) is 0 Å². The van der Waals surface area contributed by atoms with E-state index in [1.807, 2.05) is 37.6 Å². The van der Waals surface area contributed by atoms with E-state index in [1.165, 1.54) is 4.21 Å². The number of rotatable bonds is 4. The van der Waals surface area contributed by atoms with E-state index in [-0.39, 0.29) is 5.84 Å². The highest BCUT2D eigenvalue weighted by Crippen LogP contribution is 2.39. The van der Waals surface area contributed by atoms with Gasteiger partial charge in [-0.2, -0.15) is 0 Å². The lowest BCUT2D eigenvalue weighted by Crippen LogP contribution is -2.10. The monoisotopic (exact) mass is 277 g/mol. The van der Waals surface area contributed by atoms with Crippen molar-refractivity contribution in [3.8, 4) is 0 Å². The summed E-state index contributed by atoms with van der Waals surface area (Å²) in [6.45, 7) is 0. The molecule has 1 aromatic carbocycles. The lowest BCUT2D eigenvalue weighted by atomic mass is 10.3. The maximum absolute atomic E-state index is 7.53. The van der Waals surface area contributed by atoms with Gasteiger partial charge in [0, 0.05) is 12.7 Å². The van der Waals surface area contributed by atoms with Crippen LogP contribution in [0, 0.1) is 5.41 Å². The van der Waals surface area contributed by atoms with Crippen molar-refractivity contribution in [3.05, 3.63) is 41.3 Å². The van der Waals surface area contributed by atoms with Gasteiger partial charge in [0.1, 0.15) is 5.84 Å². The zero-order chi connectivity index (χ0) is 13.1. The summed E-state index contributed by atoms with van der Waals surface area (Å²) >= 11 is 3.24. The highest BCUT2D eigenvalue weighted by atomic mass is 32.2. The number of nitrogens with one attached hydrogen (secondary N) is 1. The molecule has 5 heteroatoms. The Balaban J connectivity index is 2.41. The maximum atomic E-state index is 7.53. The summed E-state index contributed by atoms with van der Waals surface area (Å²) in [6, 6.07) is 12.1. The highest BCUT2D eigenvalue weighted by Gasteiger charge is 2.14. The Kier molecular flexibility index (Phi) is 3.93. The van der Waals surface area contributed by atoms with E-state index < -0.39 is 0 Å². The van der Waals surface area contributed by atoms with Crippen LogP contribution in [0.15, 0.2) is 40.6 Å². The third-order valence-corrected chi connectivity index (χ3v) is 4.92. The Morgan fingerprint density at radius 1 is 1.33 bits per heavy atom. The number of nitrogens with zero attached hydrogens (tertiary/aromatic N) is 1. The summed E-state index contributed by atoms with van der Waals surface area (Å²) in [4.78, 5) is 2.94. The first-order chi connectivity index (χ1) is 8.63. The number of thioether (sulfide) groups is 1. The lowest BCUT2D eigenvalue weighted by Gasteiger charge is -2.19. The largest absolute Gasteiger partial charge is 0.383 e. The van der Waals surface area contributed by atoms with Crippen LogP contribution in [0.25, 0.3) is 0 Å². The van der Waals surface area contributed by atoms with E-state index >= 15 is 0 Å². The average molecular weight is 277 g/mol. The van der Waals surface area contributed by atoms with Crippen LogP contribution in [0.3, 0.4) is 0 Å². The molecule has 1 aromatic heterocycles. The number of amidine groups is 1. The summed E-state index contributed by atoms with van der Waals surface area (Å²) in [6.07, 6.45) is 2.04. The van der Waals surface area contributed by atoms with Crippen molar-refractivity contribution in [2.24, 2.45) is 5.73 Å². The normalized spacial score (nSPS) is 10.3. The fraction of sp³-hybridized carbons (Fsp3) is 0.154. The minimum Gasteiger partial charge on any atom is -0.383 e. The first-order valence-corrected chi connectivity index (χ1v) is 7.48. The van der Waals surface area contributed by atoms with Crippen LogP contribution in [-0.4, -0.2) is 19.1 Å². The molecule has 94 valence electrons. The van der Waals surface area contributed by atoms with Gasteiger partial charge in [-0.25, -0.2) is 0 Å². The van der Waals surface area contributed by atoms with Crippen molar-refractivity contribution in [2.75, 3.05) is 18.2 Å². The van der Waals surface area contributed by atoms with E-state index in [2.05, 4.69) is 17.0 Å². The van der Waals surface area contributed by atoms with E-state index in [9.17, 15) is 0 Å². The number of hydrogen-bond acceptors (Lipinski definition) is 4. The first kappa shape index (κ1) is 13.0. The number of benzene rings is 1. The number of para-hydroxylation sites is 1. The minimum atomic E-state index is 0.128. The molecule has 0 bridgehead atoms. The van der Waals surface area contributed by atoms with E-state index in [1.54, 1.807) is 23.1 Å².